The van der Waals surface area contributed by atoms with E-state index in [2.05, 4.69) is 33.5 Å². The molecule has 5 nitrogen and oxygen atoms in total. The number of hydrogen-bond donors (Lipinski definition) is 2. The molecule has 0 saturated carbocycles. The van der Waals surface area contributed by atoms with Gasteiger partial charge in [-0.25, -0.2) is 0 Å². The summed E-state index contributed by atoms with van der Waals surface area (Å²) in [7, 11) is 1.58. The average molecular weight is 422 g/mol. The first-order valence-electron chi connectivity index (χ1n) is 8.08. The first-order chi connectivity index (χ1) is 11.1. The maximum Gasteiger partial charge on any atom is 0.251 e. The van der Waals surface area contributed by atoms with Crippen molar-refractivity contribution >= 4 is 34.2 Å². The summed E-state index contributed by atoms with van der Waals surface area (Å²) in [5.74, 6) is 1.58. The molecule has 136 valence electrons. The molecule has 0 radical (unpaired) electrons. The molecule has 1 fully saturated rings. The van der Waals surface area contributed by atoms with Crippen molar-refractivity contribution in [1.82, 2.24) is 10.6 Å². The van der Waals surface area contributed by atoms with Crippen LogP contribution in [-0.4, -0.2) is 38.8 Å². The van der Waals surface area contributed by atoms with Crippen molar-refractivity contribution in [3.8, 4) is 11.5 Å². The Labute approximate surface area is 158 Å². The average Bonchev–Trinajstić information content (AvgIpc) is 2.55. The fraction of sp³-hybridized carbons (Fsp3) is 0.588. The minimum atomic E-state index is -0.0911. The van der Waals surface area contributed by atoms with Gasteiger partial charge in [-0.2, -0.15) is 0 Å². The number of amides is 1. The fourth-order valence-corrected chi connectivity index (χ4v) is 3.19. The van der Waals surface area contributed by atoms with Gasteiger partial charge in [0.15, 0.2) is 11.5 Å². The van der Waals surface area contributed by atoms with E-state index in [1.165, 1.54) is 0 Å². The number of halogens is 2. The third kappa shape index (κ3) is 5.26. The van der Waals surface area contributed by atoms with E-state index in [0.717, 1.165) is 30.4 Å². The maximum absolute atomic E-state index is 12.5. The number of nitrogens with one attached hydrogen (secondary N) is 2. The van der Waals surface area contributed by atoms with Crippen LogP contribution in [0.3, 0.4) is 0 Å². The molecule has 0 aromatic heterocycles. The molecule has 24 heavy (non-hydrogen) atoms. The summed E-state index contributed by atoms with van der Waals surface area (Å²) < 4.78 is 11.8. The quantitative estimate of drug-likeness (QED) is 0.739. The third-order valence-electron chi connectivity index (χ3n) is 4.09. The monoisotopic (exact) mass is 420 g/mol. The molecular weight excluding hydrogens is 396 g/mol. The van der Waals surface area contributed by atoms with E-state index in [0.29, 0.717) is 29.6 Å². The molecule has 2 rings (SSSR count). The van der Waals surface area contributed by atoms with Gasteiger partial charge < -0.3 is 20.1 Å². The van der Waals surface area contributed by atoms with Crippen molar-refractivity contribution in [1.29, 1.82) is 0 Å². The smallest absolute Gasteiger partial charge is 0.251 e. The Morgan fingerprint density at radius 2 is 2.21 bits per heavy atom. The van der Waals surface area contributed by atoms with E-state index in [9.17, 15) is 4.79 Å². The highest BCUT2D eigenvalue weighted by Crippen LogP contribution is 2.36. The number of piperidine rings is 1. The number of ether oxygens (including phenoxy) is 2. The van der Waals surface area contributed by atoms with Crippen molar-refractivity contribution < 1.29 is 14.3 Å². The molecule has 1 saturated heterocycles. The van der Waals surface area contributed by atoms with Gasteiger partial charge in [-0.1, -0.05) is 13.8 Å². The van der Waals surface area contributed by atoms with Crippen LogP contribution in [-0.2, 0) is 0 Å². The lowest BCUT2D eigenvalue weighted by atomic mass is 9.94. The number of benzene rings is 1. The van der Waals surface area contributed by atoms with Gasteiger partial charge in [-0.15, -0.1) is 12.4 Å². The normalized spacial score (nSPS) is 20.0. The molecule has 1 amide bonds. The summed E-state index contributed by atoms with van der Waals surface area (Å²) >= 11 is 3.48. The zero-order valence-corrected chi connectivity index (χ0v) is 16.8. The summed E-state index contributed by atoms with van der Waals surface area (Å²) in [6.07, 6.45) is 1.98. The van der Waals surface area contributed by atoms with Gasteiger partial charge in [0.1, 0.15) is 0 Å². The minimum absolute atomic E-state index is 0. The highest BCUT2D eigenvalue weighted by Gasteiger charge is 2.24. The van der Waals surface area contributed by atoms with Crippen molar-refractivity contribution in [2.75, 3.05) is 26.8 Å². The number of methoxy groups -OCH3 is 1. The van der Waals surface area contributed by atoms with Crippen LogP contribution >= 0.6 is 28.3 Å². The first-order valence-corrected chi connectivity index (χ1v) is 8.88. The Morgan fingerprint density at radius 3 is 2.83 bits per heavy atom. The first kappa shape index (κ1) is 21.1. The van der Waals surface area contributed by atoms with Crippen LogP contribution < -0.4 is 20.1 Å². The number of carbonyl (C=O) groups is 1. The summed E-state index contributed by atoms with van der Waals surface area (Å²) in [5.41, 5.74) is 0.565. The fourth-order valence-electron chi connectivity index (χ4n) is 2.63. The minimum Gasteiger partial charge on any atom is -0.493 e. The molecule has 1 aliphatic rings. The molecule has 2 atom stereocenters. The molecule has 2 N–H and O–H groups in total. The van der Waals surface area contributed by atoms with Crippen molar-refractivity contribution in [2.24, 2.45) is 5.92 Å². The molecule has 1 heterocycles. The second-order valence-electron chi connectivity index (χ2n) is 5.89. The van der Waals surface area contributed by atoms with Crippen molar-refractivity contribution in [2.45, 2.75) is 32.7 Å². The Bertz CT molecular complexity index is 557. The molecule has 7 heteroatoms. The molecule has 0 bridgehead atoms. The van der Waals surface area contributed by atoms with Gasteiger partial charge >= 0.3 is 0 Å². The topological polar surface area (TPSA) is 59.6 Å². The molecule has 1 aromatic carbocycles. The van der Waals surface area contributed by atoms with Crippen LogP contribution in [0.4, 0.5) is 0 Å². The van der Waals surface area contributed by atoms with Gasteiger partial charge in [-0.3, -0.25) is 4.79 Å². The summed E-state index contributed by atoms with van der Waals surface area (Å²) in [4.78, 5) is 12.5. The Balaban J connectivity index is 0.00000288. The molecule has 1 aliphatic heterocycles. The molecule has 2 unspecified atom stereocenters. The molecule has 0 aliphatic carbocycles. The Kier molecular flexibility index (Phi) is 8.87. The van der Waals surface area contributed by atoms with Gasteiger partial charge in [0.05, 0.1) is 18.2 Å². The number of hydrogen-bond acceptors (Lipinski definition) is 4. The van der Waals surface area contributed by atoms with Crippen LogP contribution in [0.15, 0.2) is 16.6 Å². The summed E-state index contributed by atoms with van der Waals surface area (Å²) in [5, 5.41) is 6.43. The second kappa shape index (κ2) is 10.1. The standard InChI is InChI=1S/C17H25BrN2O3.ClH/c1-4-7-23-16-13(18)8-12(9-15(16)22-3)17(21)20-14-10-19-6-5-11(14)2;/h8-9,11,14,19H,4-7,10H2,1-3H3,(H,20,21);1H. The lowest BCUT2D eigenvalue weighted by Gasteiger charge is -2.30. The predicted octanol–water partition coefficient (Wildman–Crippen LogP) is 3.40. The molecule has 0 spiro atoms. The maximum atomic E-state index is 12.5. The van der Waals surface area contributed by atoms with Crippen molar-refractivity contribution in [3.63, 3.8) is 0 Å². The van der Waals surface area contributed by atoms with Crippen LogP contribution in [0.5, 0.6) is 11.5 Å². The zero-order chi connectivity index (χ0) is 16.8. The van der Waals surface area contributed by atoms with Gasteiger partial charge in [0, 0.05) is 18.2 Å². The van der Waals surface area contributed by atoms with E-state index in [4.69, 9.17) is 9.47 Å². The SMILES string of the molecule is CCCOc1c(Br)cc(C(=O)NC2CNCCC2C)cc1OC.Cl. The third-order valence-corrected chi connectivity index (χ3v) is 4.68. The highest BCUT2D eigenvalue weighted by molar-refractivity contribution is 9.10. The van der Waals surface area contributed by atoms with Crippen LogP contribution in [0.2, 0.25) is 0 Å². The second-order valence-corrected chi connectivity index (χ2v) is 6.74. The van der Waals surface area contributed by atoms with Crippen LogP contribution in [0, 0.1) is 5.92 Å². The molecular formula is C17H26BrClN2O3. The van der Waals surface area contributed by atoms with Gasteiger partial charge in [-0.05, 0) is 53.4 Å². The number of carbonyl (C=O) groups excluding carboxylic acids is 1. The van der Waals surface area contributed by atoms with E-state index in [-0.39, 0.29) is 24.4 Å². The van der Waals surface area contributed by atoms with E-state index >= 15 is 0 Å². The van der Waals surface area contributed by atoms with Crippen molar-refractivity contribution in [3.05, 3.63) is 22.2 Å². The van der Waals surface area contributed by atoms with E-state index < -0.39 is 0 Å². The lowest BCUT2D eigenvalue weighted by Crippen LogP contribution is -2.50. The summed E-state index contributed by atoms with van der Waals surface area (Å²) in [6.45, 7) is 6.64. The van der Waals surface area contributed by atoms with E-state index in [1.807, 2.05) is 6.92 Å². The van der Waals surface area contributed by atoms with E-state index in [1.54, 1.807) is 19.2 Å². The zero-order valence-electron chi connectivity index (χ0n) is 14.4. The lowest BCUT2D eigenvalue weighted by molar-refractivity contribution is 0.0914. The highest BCUT2D eigenvalue weighted by atomic mass is 79.9. The van der Waals surface area contributed by atoms with Crippen LogP contribution in [0.1, 0.15) is 37.0 Å². The predicted molar refractivity (Wildman–Crippen MR) is 102 cm³/mol. The largest absolute Gasteiger partial charge is 0.493 e. The van der Waals surface area contributed by atoms with Gasteiger partial charge in [0.25, 0.3) is 5.91 Å². The summed E-state index contributed by atoms with van der Waals surface area (Å²) in [6, 6.07) is 3.66. The Morgan fingerprint density at radius 1 is 1.46 bits per heavy atom. The number of rotatable bonds is 6. The Hall–Kier alpha value is -0.980. The molecule has 1 aromatic rings. The van der Waals surface area contributed by atoms with Gasteiger partial charge in [0.2, 0.25) is 0 Å². The van der Waals surface area contributed by atoms with Crippen LogP contribution in [0.25, 0.3) is 0 Å².